The second-order valence-corrected chi connectivity index (χ2v) is 7.64. The van der Waals surface area contributed by atoms with Crippen LogP contribution in [0.1, 0.15) is 52.3 Å². The van der Waals surface area contributed by atoms with Crippen LogP contribution >= 0.6 is 0 Å². The molecule has 2 saturated carbocycles. The smallest absolute Gasteiger partial charge is 0.138 e. The van der Waals surface area contributed by atoms with Crippen LogP contribution in [0.2, 0.25) is 0 Å². The molecule has 0 spiro atoms. The molecule has 1 aromatic heterocycles. The summed E-state index contributed by atoms with van der Waals surface area (Å²) >= 11 is 0. The first-order chi connectivity index (χ1) is 10.1. The van der Waals surface area contributed by atoms with Crippen LogP contribution in [0, 0.1) is 23.2 Å². The van der Waals surface area contributed by atoms with Gasteiger partial charge in [0.2, 0.25) is 0 Å². The Hall–Kier alpha value is -0.900. The Morgan fingerprint density at radius 1 is 1.43 bits per heavy atom. The van der Waals surface area contributed by atoms with E-state index in [1.165, 1.54) is 31.5 Å². The van der Waals surface area contributed by atoms with Crippen molar-refractivity contribution in [2.45, 2.75) is 59.4 Å². The first-order valence-electron chi connectivity index (χ1n) is 8.70. The van der Waals surface area contributed by atoms with Crippen molar-refractivity contribution in [1.82, 2.24) is 20.1 Å². The largest absolute Gasteiger partial charge is 0.316 e. The first-order valence-corrected chi connectivity index (χ1v) is 8.70. The summed E-state index contributed by atoms with van der Waals surface area (Å²) in [4.78, 5) is 4.55. The van der Waals surface area contributed by atoms with Crippen molar-refractivity contribution >= 4 is 0 Å². The zero-order chi connectivity index (χ0) is 14.9. The summed E-state index contributed by atoms with van der Waals surface area (Å²) in [6.45, 7) is 9.94. The second-order valence-electron chi connectivity index (χ2n) is 7.64. The van der Waals surface area contributed by atoms with Crippen LogP contribution in [0.25, 0.3) is 0 Å². The Labute approximate surface area is 128 Å². The predicted molar refractivity (Wildman–Crippen MR) is 85.0 cm³/mol. The summed E-state index contributed by atoms with van der Waals surface area (Å²) in [6.07, 6.45) is 8.54. The molecule has 2 aliphatic rings. The first kappa shape index (κ1) is 15.0. The number of nitrogens with one attached hydrogen (secondary N) is 1. The molecule has 3 atom stereocenters. The highest BCUT2D eigenvalue weighted by atomic mass is 15.3. The zero-order valence-electron chi connectivity index (χ0n) is 13.8. The minimum Gasteiger partial charge on any atom is -0.316 e. The van der Waals surface area contributed by atoms with E-state index < -0.39 is 0 Å². The molecule has 4 nitrogen and oxygen atoms in total. The number of fused-ring (bicyclic) bond motifs is 2. The molecule has 118 valence electrons. The Balaban J connectivity index is 1.73. The van der Waals surface area contributed by atoms with E-state index in [0.29, 0.717) is 5.41 Å². The van der Waals surface area contributed by atoms with Crippen LogP contribution in [0.4, 0.5) is 0 Å². The fraction of sp³-hybridized carbons (Fsp3) is 0.882. The van der Waals surface area contributed by atoms with Gasteiger partial charge in [-0.2, -0.15) is 5.10 Å². The number of hydrogen-bond acceptors (Lipinski definition) is 3. The number of rotatable bonds is 7. The van der Waals surface area contributed by atoms with E-state index in [-0.39, 0.29) is 0 Å². The van der Waals surface area contributed by atoms with Gasteiger partial charge in [0.05, 0.1) is 0 Å². The van der Waals surface area contributed by atoms with Crippen LogP contribution in [0.15, 0.2) is 6.33 Å². The molecule has 2 fully saturated rings. The van der Waals surface area contributed by atoms with E-state index in [4.69, 9.17) is 0 Å². The van der Waals surface area contributed by atoms with Crippen molar-refractivity contribution in [1.29, 1.82) is 0 Å². The monoisotopic (exact) mass is 290 g/mol. The Morgan fingerprint density at radius 3 is 2.90 bits per heavy atom. The molecule has 0 radical (unpaired) electrons. The van der Waals surface area contributed by atoms with Gasteiger partial charge in [-0.3, -0.25) is 4.68 Å². The molecule has 0 aromatic carbocycles. The van der Waals surface area contributed by atoms with Gasteiger partial charge in [0.25, 0.3) is 0 Å². The summed E-state index contributed by atoms with van der Waals surface area (Å²) in [6, 6.07) is 0. The van der Waals surface area contributed by atoms with Gasteiger partial charge < -0.3 is 5.32 Å². The Kier molecular flexibility index (Phi) is 4.34. The third-order valence-electron chi connectivity index (χ3n) is 5.64. The highest BCUT2D eigenvalue weighted by Gasteiger charge is 2.50. The highest BCUT2D eigenvalue weighted by Crippen LogP contribution is 2.56. The normalized spacial score (nSPS) is 31.4. The summed E-state index contributed by atoms with van der Waals surface area (Å²) < 4.78 is 2.08. The summed E-state index contributed by atoms with van der Waals surface area (Å²) in [5.74, 6) is 3.77. The van der Waals surface area contributed by atoms with E-state index in [2.05, 4.69) is 40.9 Å². The second kappa shape index (κ2) is 6.07. The molecule has 1 N–H and O–H groups in total. The van der Waals surface area contributed by atoms with Gasteiger partial charge in [-0.15, -0.1) is 0 Å². The van der Waals surface area contributed by atoms with Gasteiger partial charge in [-0.05, 0) is 55.9 Å². The SMILES string of the molecule is CCn1ncnc1CC1(CNCC(C)C)CC2CCC1C2. The minimum absolute atomic E-state index is 0.428. The zero-order valence-corrected chi connectivity index (χ0v) is 13.8. The van der Waals surface area contributed by atoms with E-state index >= 15 is 0 Å². The molecule has 3 rings (SSSR count). The molecule has 0 amide bonds. The molecule has 3 unspecified atom stereocenters. The summed E-state index contributed by atoms with van der Waals surface area (Å²) in [7, 11) is 0. The maximum atomic E-state index is 4.55. The number of aryl methyl sites for hydroxylation is 1. The van der Waals surface area contributed by atoms with Gasteiger partial charge in [0, 0.05) is 19.5 Å². The van der Waals surface area contributed by atoms with E-state index in [0.717, 1.165) is 43.8 Å². The third-order valence-corrected chi connectivity index (χ3v) is 5.64. The molecule has 0 saturated heterocycles. The quantitative estimate of drug-likeness (QED) is 0.839. The molecule has 2 aliphatic carbocycles. The topological polar surface area (TPSA) is 42.7 Å². The fourth-order valence-corrected chi connectivity index (χ4v) is 4.67. The summed E-state index contributed by atoms with van der Waals surface area (Å²) in [5.41, 5.74) is 0.428. The fourth-order valence-electron chi connectivity index (χ4n) is 4.67. The molecule has 1 aromatic rings. The van der Waals surface area contributed by atoms with Gasteiger partial charge >= 0.3 is 0 Å². The molecular formula is C17H30N4. The average Bonchev–Trinajstić information content (AvgIpc) is 3.13. The lowest BCUT2D eigenvalue weighted by atomic mass is 9.70. The maximum absolute atomic E-state index is 4.55. The van der Waals surface area contributed by atoms with Crippen LogP contribution in [0.5, 0.6) is 0 Å². The van der Waals surface area contributed by atoms with Crippen molar-refractivity contribution < 1.29 is 0 Å². The van der Waals surface area contributed by atoms with Crippen molar-refractivity contribution in [3.63, 3.8) is 0 Å². The molecule has 4 heteroatoms. The predicted octanol–water partition coefficient (Wildman–Crippen LogP) is 2.89. The highest BCUT2D eigenvalue weighted by molar-refractivity contribution is 5.06. The molecule has 1 heterocycles. The molecule has 0 aliphatic heterocycles. The van der Waals surface area contributed by atoms with E-state index in [9.17, 15) is 0 Å². The molecular weight excluding hydrogens is 260 g/mol. The van der Waals surface area contributed by atoms with Crippen molar-refractivity contribution in [3.8, 4) is 0 Å². The Morgan fingerprint density at radius 2 is 2.29 bits per heavy atom. The lowest BCUT2D eigenvalue weighted by molar-refractivity contribution is 0.149. The van der Waals surface area contributed by atoms with Crippen LogP contribution in [-0.2, 0) is 13.0 Å². The van der Waals surface area contributed by atoms with Gasteiger partial charge in [0.15, 0.2) is 0 Å². The van der Waals surface area contributed by atoms with Crippen molar-refractivity contribution in [2.75, 3.05) is 13.1 Å². The van der Waals surface area contributed by atoms with Crippen LogP contribution < -0.4 is 5.32 Å². The van der Waals surface area contributed by atoms with Crippen molar-refractivity contribution in [2.24, 2.45) is 23.2 Å². The van der Waals surface area contributed by atoms with E-state index in [1.54, 1.807) is 6.33 Å². The van der Waals surface area contributed by atoms with E-state index in [1.807, 2.05) is 0 Å². The summed E-state index contributed by atoms with van der Waals surface area (Å²) in [5, 5.41) is 8.11. The number of aromatic nitrogens is 3. The Bertz CT molecular complexity index is 467. The van der Waals surface area contributed by atoms with Gasteiger partial charge in [-0.25, -0.2) is 4.98 Å². The van der Waals surface area contributed by atoms with Crippen LogP contribution in [0.3, 0.4) is 0 Å². The third kappa shape index (κ3) is 3.01. The van der Waals surface area contributed by atoms with Gasteiger partial charge in [-0.1, -0.05) is 20.3 Å². The lowest BCUT2D eigenvalue weighted by Gasteiger charge is -2.38. The lowest BCUT2D eigenvalue weighted by Crippen LogP contribution is -2.42. The molecule has 21 heavy (non-hydrogen) atoms. The van der Waals surface area contributed by atoms with Gasteiger partial charge in [0.1, 0.15) is 12.2 Å². The molecule has 2 bridgehead atoms. The average molecular weight is 290 g/mol. The number of hydrogen-bond donors (Lipinski definition) is 1. The number of nitrogens with zero attached hydrogens (tertiary/aromatic N) is 3. The standard InChI is InChI=1S/C17H30N4/c1-4-21-16(19-12-20-21)9-17(11-18-10-13(2)3)8-14-5-6-15(17)7-14/h12-15,18H,4-11H2,1-3H3. The minimum atomic E-state index is 0.428. The van der Waals surface area contributed by atoms with Crippen LogP contribution in [-0.4, -0.2) is 27.9 Å². The van der Waals surface area contributed by atoms with Crippen molar-refractivity contribution in [3.05, 3.63) is 12.2 Å². The maximum Gasteiger partial charge on any atom is 0.138 e.